The molecule has 6 nitrogen and oxygen atoms in total. The first-order valence-corrected chi connectivity index (χ1v) is 10.8. The van der Waals surface area contributed by atoms with Crippen molar-refractivity contribution in [3.63, 3.8) is 0 Å². The molecule has 0 saturated carbocycles. The summed E-state index contributed by atoms with van der Waals surface area (Å²) in [4.78, 5) is 17.3. The number of piperidine rings is 1. The summed E-state index contributed by atoms with van der Waals surface area (Å²) in [5.74, 6) is -0.854. The normalized spacial score (nSPS) is 16.4. The van der Waals surface area contributed by atoms with Crippen LogP contribution in [0.4, 0.5) is 0 Å². The summed E-state index contributed by atoms with van der Waals surface area (Å²) >= 11 is 11.6. The van der Waals surface area contributed by atoms with Gasteiger partial charge in [-0.1, -0.05) is 40.5 Å². The number of halogens is 2. The van der Waals surface area contributed by atoms with Gasteiger partial charge in [-0.05, 0) is 54.8 Å². The van der Waals surface area contributed by atoms with Gasteiger partial charge in [-0.2, -0.15) is 4.31 Å². The van der Waals surface area contributed by atoms with Crippen LogP contribution in [0.3, 0.4) is 0 Å². The lowest BCUT2D eigenvalue weighted by Crippen LogP contribution is -2.40. The molecule has 3 rings (SSSR count). The smallest absolute Gasteiger partial charge is 0.318 e. The highest BCUT2D eigenvalue weighted by Gasteiger charge is 2.33. The van der Waals surface area contributed by atoms with Gasteiger partial charge in [-0.25, -0.2) is 13.2 Å². The molecule has 0 N–H and O–H groups in total. The van der Waals surface area contributed by atoms with Crippen LogP contribution in [-0.2, 0) is 19.7 Å². The van der Waals surface area contributed by atoms with Crippen LogP contribution in [0, 0.1) is 5.92 Å². The van der Waals surface area contributed by atoms with Gasteiger partial charge in [0, 0.05) is 23.1 Å². The molecule has 0 atom stereocenters. The van der Waals surface area contributed by atoms with Crippen molar-refractivity contribution >= 4 is 45.4 Å². The van der Waals surface area contributed by atoms with Crippen LogP contribution < -0.4 is 0 Å². The molecule has 1 heterocycles. The minimum atomic E-state index is -3.60. The number of carbonyl (C=O) groups excluding carboxylic acids is 1. The predicted molar refractivity (Wildman–Crippen MR) is 108 cm³/mol. The average Bonchev–Trinajstić information content (AvgIpc) is 2.70. The molecule has 0 unspecified atom stereocenters. The first kappa shape index (κ1) is 20.8. The quantitative estimate of drug-likeness (QED) is 0.400. The standard InChI is InChI=1S/C19H18Cl2N2O4S/c20-16-3-1-14(2-4-16)13-22-27-19(24)15-9-11-23(12-10-15)28(25,26)18-7-5-17(21)6-8-18/h1-8,13,15H,9-12H2/b22-13+. The van der Waals surface area contributed by atoms with Crippen molar-refractivity contribution < 1.29 is 18.0 Å². The monoisotopic (exact) mass is 440 g/mol. The zero-order valence-corrected chi connectivity index (χ0v) is 17.1. The lowest BCUT2D eigenvalue weighted by atomic mass is 9.99. The molecule has 0 amide bonds. The number of hydrogen-bond acceptors (Lipinski definition) is 5. The van der Waals surface area contributed by atoms with Crippen molar-refractivity contribution in [3.8, 4) is 0 Å². The molecular formula is C19H18Cl2N2O4S. The lowest BCUT2D eigenvalue weighted by molar-refractivity contribution is -0.149. The first-order chi connectivity index (χ1) is 13.4. The van der Waals surface area contributed by atoms with E-state index in [0.717, 1.165) is 5.56 Å². The van der Waals surface area contributed by atoms with Crippen molar-refractivity contribution in [2.24, 2.45) is 11.1 Å². The Morgan fingerprint density at radius 2 is 1.54 bits per heavy atom. The third-order valence-electron chi connectivity index (χ3n) is 4.45. The van der Waals surface area contributed by atoms with E-state index < -0.39 is 16.0 Å². The van der Waals surface area contributed by atoms with Gasteiger partial charge in [-0.3, -0.25) is 0 Å². The van der Waals surface area contributed by atoms with Crippen LogP contribution >= 0.6 is 23.2 Å². The summed E-state index contributed by atoms with van der Waals surface area (Å²) < 4.78 is 26.7. The highest BCUT2D eigenvalue weighted by Crippen LogP contribution is 2.25. The van der Waals surface area contributed by atoms with Gasteiger partial charge in [-0.15, -0.1) is 0 Å². The van der Waals surface area contributed by atoms with Crippen molar-refractivity contribution in [2.75, 3.05) is 13.1 Å². The molecule has 28 heavy (non-hydrogen) atoms. The van der Waals surface area contributed by atoms with E-state index >= 15 is 0 Å². The second kappa shape index (κ2) is 9.05. The highest BCUT2D eigenvalue weighted by molar-refractivity contribution is 7.89. The van der Waals surface area contributed by atoms with E-state index in [1.54, 1.807) is 24.3 Å². The SMILES string of the molecule is O=C(O/N=C/c1ccc(Cl)cc1)C1CCN(S(=O)(=O)c2ccc(Cl)cc2)CC1. The third kappa shape index (κ3) is 5.11. The molecule has 0 bridgehead atoms. The van der Waals surface area contributed by atoms with E-state index in [1.807, 2.05) is 0 Å². The van der Waals surface area contributed by atoms with Crippen molar-refractivity contribution in [1.82, 2.24) is 4.31 Å². The van der Waals surface area contributed by atoms with Crippen molar-refractivity contribution in [1.29, 1.82) is 0 Å². The molecule has 9 heteroatoms. The molecule has 148 valence electrons. The number of sulfonamides is 1. The van der Waals surface area contributed by atoms with Crippen LogP contribution in [0.2, 0.25) is 10.0 Å². The minimum absolute atomic E-state index is 0.186. The molecule has 1 fully saturated rings. The number of benzene rings is 2. The van der Waals surface area contributed by atoms with Gasteiger partial charge < -0.3 is 4.84 Å². The summed E-state index contributed by atoms with van der Waals surface area (Å²) in [5.41, 5.74) is 0.751. The average molecular weight is 441 g/mol. The molecule has 2 aromatic rings. The molecule has 1 aliphatic heterocycles. The Labute approximate surface area is 173 Å². The predicted octanol–water partition coefficient (Wildman–Crippen LogP) is 3.97. The van der Waals surface area contributed by atoms with Gasteiger partial charge in [0.15, 0.2) is 0 Å². The van der Waals surface area contributed by atoms with Crippen LogP contribution in [0.25, 0.3) is 0 Å². The van der Waals surface area contributed by atoms with Gasteiger partial charge in [0.1, 0.15) is 0 Å². The zero-order valence-electron chi connectivity index (χ0n) is 14.8. The summed E-state index contributed by atoms with van der Waals surface area (Å²) in [6.45, 7) is 0.483. The van der Waals surface area contributed by atoms with Gasteiger partial charge in [0.05, 0.1) is 17.0 Å². The second-order valence-electron chi connectivity index (χ2n) is 6.33. The van der Waals surface area contributed by atoms with E-state index in [1.165, 1.54) is 34.8 Å². The minimum Gasteiger partial charge on any atom is -0.318 e. The van der Waals surface area contributed by atoms with Crippen LogP contribution in [0.5, 0.6) is 0 Å². The number of carbonyl (C=O) groups is 1. The third-order valence-corrected chi connectivity index (χ3v) is 6.87. The molecule has 1 saturated heterocycles. The Morgan fingerprint density at radius 3 is 2.11 bits per heavy atom. The van der Waals surface area contributed by atoms with Gasteiger partial charge in [0.2, 0.25) is 10.0 Å². The summed E-state index contributed by atoms with van der Waals surface area (Å²) in [7, 11) is -3.60. The fourth-order valence-corrected chi connectivity index (χ4v) is 4.57. The molecular weight excluding hydrogens is 423 g/mol. The molecule has 0 spiro atoms. The molecule has 0 aliphatic carbocycles. The second-order valence-corrected chi connectivity index (χ2v) is 9.14. The Kier molecular flexibility index (Phi) is 6.72. The summed E-state index contributed by atoms with van der Waals surface area (Å²) in [6, 6.07) is 12.9. The highest BCUT2D eigenvalue weighted by atomic mass is 35.5. The first-order valence-electron chi connectivity index (χ1n) is 8.62. The van der Waals surface area contributed by atoms with E-state index in [2.05, 4.69) is 5.16 Å². The number of nitrogens with zero attached hydrogens (tertiary/aromatic N) is 2. The van der Waals surface area contributed by atoms with Crippen LogP contribution in [-0.4, -0.2) is 38.0 Å². The number of oxime groups is 1. The molecule has 2 aromatic carbocycles. The van der Waals surface area contributed by atoms with E-state index in [-0.39, 0.29) is 23.9 Å². The zero-order chi connectivity index (χ0) is 20.1. The Hall–Kier alpha value is -1.93. The summed E-state index contributed by atoms with van der Waals surface area (Å²) in [6.07, 6.45) is 2.18. The maximum atomic E-state index is 12.7. The Balaban J connectivity index is 1.53. The molecule has 0 radical (unpaired) electrons. The lowest BCUT2D eigenvalue weighted by Gasteiger charge is -2.29. The Morgan fingerprint density at radius 1 is 1.00 bits per heavy atom. The van der Waals surface area contributed by atoms with Crippen LogP contribution in [0.1, 0.15) is 18.4 Å². The molecule has 0 aromatic heterocycles. The van der Waals surface area contributed by atoms with E-state index in [0.29, 0.717) is 22.9 Å². The van der Waals surface area contributed by atoms with E-state index in [9.17, 15) is 13.2 Å². The number of rotatable bonds is 5. The number of hydrogen-bond donors (Lipinski definition) is 0. The Bertz CT molecular complexity index is 952. The maximum Gasteiger partial charge on any atom is 0.338 e. The van der Waals surface area contributed by atoms with Crippen LogP contribution in [0.15, 0.2) is 58.6 Å². The maximum absolute atomic E-state index is 12.7. The summed E-state index contributed by atoms with van der Waals surface area (Å²) in [5, 5.41) is 4.79. The molecule has 1 aliphatic rings. The van der Waals surface area contributed by atoms with Gasteiger partial charge >= 0.3 is 5.97 Å². The largest absolute Gasteiger partial charge is 0.338 e. The van der Waals surface area contributed by atoms with E-state index in [4.69, 9.17) is 28.0 Å². The topological polar surface area (TPSA) is 76.0 Å². The van der Waals surface area contributed by atoms with Gasteiger partial charge in [0.25, 0.3) is 0 Å². The fraction of sp³-hybridized carbons (Fsp3) is 0.263. The fourth-order valence-electron chi connectivity index (χ4n) is 2.85. The van der Waals surface area contributed by atoms with Crippen molar-refractivity contribution in [2.45, 2.75) is 17.7 Å². The van der Waals surface area contributed by atoms with Crippen molar-refractivity contribution in [3.05, 3.63) is 64.1 Å².